The number of likely N-dealkylation sites (tertiary alicyclic amines) is 1. The van der Waals surface area contributed by atoms with Crippen LogP contribution >= 0.6 is 11.6 Å². The van der Waals surface area contributed by atoms with Gasteiger partial charge in [-0.2, -0.15) is 0 Å². The fourth-order valence-corrected chi connectivity index (χ4v) is 4.96. The Kier molecular flexibility index (Phi) is 7.52. The number of benzene rings is 3. The van der Waals surface area contributed by atoms with Crippen LogP contribution in [0.4, 0.5) is 0 Å². The summed E-state index contributed by atoms with van der Waals surface area (Å²) in [5.41, 5.74) is 3.39. The maximum atomic E-state index is 13.3. The maximum Gasteiger partial charge on any atom is 0.237 e. The van der Waals surface area contributed by atoms with Gasteiger partial charge in [0.05, 0.1) is 6.04 Å². The standard InChI is InChI=1S/C28H30ClN3O3/c29-24-9-5-4-8-22(24)16-31-23-15-25(32(18-23)17-21-6-2-1-3-7-21)28(33)30-13-12-20-10-11-26-27(14-20)35-19-34-26/h1-11,14,23,25,31H,12-13,15-19H2,(H,30,33)/t23-,25-/m0/s1. The van der Waals surface area contributed by atoms with Gasteiger partial charge in [-0.05, 0) is 47.7 Å². The third-order valence-electron chi connectivity index (χ3n) is 6.62. The topological polar surface area (TPSA) is 62.8 Å². The van der Waals surface area contributed by atoms with Crippen LogP contribution in [0.2, 0.25) is 5.02 Å². The molecule has 35 heavy (non-hydrogen) atoms. The molecule has 0 spiro atoms. The number of carbonyl (C=O) groups excluding carboxylic acids is 1. The second-order valence-electron chi connectivity index (χ2n) is 9.06. The molecule has 2 N–H and O–H groups in total. The van der Waals surface area contributed by atoms with Crippen molar-refractivity contribution in [2.75, 3.05) is 19.9 Å². The fourth-order valence-electron chi connectivity index (χ4n) is 4.76. The number of ether oxygens (including phenoxy) is 2. The molecule has 0 saturated carbocycles. The fraction of sp³-hybridized carbons (Fsp3) is 0.321. The highest BCUT2D eigenvalue weighted by Crippen LogP contribution is 2.32. The Bertz CT molecular complexity index is 1160. The van der Waals surface area contributed by atoms with E-state index in [-0.39, 0.29) is 24.8 Å². The van der Waals surface area contributed by atoms with E-state index in [0.29, 0.717) is 13.1 Å². The first-order valence-corrected chi connectivity index (χ1v) is 12.4. The van der Waals surface area contributed by atoms with E-state index >= 15 is 0 Å². The molecular weight excluding hydrogens is 462 g/mol. The molecule has 3 aromatic carbocycles. The van der Waals surface area contributed by atoms with Crippen molar-refractivity contribution in [3.8, 4) is 11.5 Å². The highest BCUT2D eigenvalue weighted by molar-refractivity contribution is 6.31. The van der Waals surface area contributed by atoms with E-state index in [0.717, 1.165) is 53.6 Å². The molecule has 1 amide bonds. The third-order valence-corrected chi connectivity index (χ3v) is 6.99. The van der Waals surface area contributed by atoms with Crippen molar-refractivity contribution in [3.05, 3.63) is 94.5 Å². The van der Waals surface area contributed by atoms with Crippen LogP contribution in [0.3, 0.4) is 0 Å². The molecule has 0 bridgehead atoms. The average molecular weight is 492 g/mol. The molecule has 2 aliphatic rings. The zero-order valence-electron chi connectivity index (χ0n) is 19.6. The predicted octanol–water partition coefficient (Wildman–Crippen LogP) is 4.16. The summed E-state index contributed by atoms with van der Waals surface area (Å²) in [5, 5.41) is 7.53. The van der Waals surface area contributed by atoms with Crippen LogP contribution in [-0.2, 0) is 24.3 Å². The largest absolute Gasteiger partial charge is 0.454 e. The summed E-state index contributed by atoms with van der Waals surface area (Å²) < 4.78 is 10.8. The molecule has 6 nitrogen and oxygen atoms in total. The lowest BCUT2D eigenvalue weighted by atomic mass is 10.1. The van der Waals surface area contributed by atoms with Gasteiger partial charge in [-0.3, -0.25) is 9.69 Å². The number of halogens is 1. The smallest absolute Gasteiger partial charge is 0.237 e. The average Bonchev–Trinajstić information content (AvgIpc) is 3.51. The number of carbonyl (C=O) groups is 1. The second-order valence-corrected chi connectivity index (χ2v) is 9.47. The van der Waals surface area contributed by atoms with Gasteiger partial charge in [0, 0.05) is 37.2 Å². The van der Waals surface area contributed by atoms with Gasteiger partial charge in [0.2, 0.25) is 12.7 Å². The Balaban J connectivity index is 1.19. The number of amides is 1. The van der Waals surface area contributed by atoms with Gasteiger partial charge in [-0.15, -0.1) is 0 Å². The molecule has 0 aromatic heterocycles. The monoisotopic (exact) mass is 491 g/mol. The van der Waals surface area contributed by atoms with Crippen molar-refractivity contribution in [3.63, 3.8) is 0 Å². The van der Waals surface area contributed by atoms with Crippen LogP contribution in [0.1, 0.15) is 23.1 Å². The number of hydrogen-bond donors (Lipinski definition) is 2. The van der Waals surface area contributed by atoms with Gasteiger partial charge in [-0.1, -0.05) is 66.2 Å². The molecule has 182 valence electrons. The highest BCUT2D eigenvalue weighted by Gasteiger charge is 2.36. The zero-order valence-corrected chi connectivity index (χ0v) is 20.3. The van der Waals surface area contributed by atoms with E-state index in [4.69, 9.17) is 21.1 Å². The minimum Gasteiger partial charge on any atom is -0.454 e. The van der Waals surface area contributed by atoms with E-state index in [1.54, 1.807) is 0 Å². The molecule has 5 rings (SSSR count). The summed E-state index contributed by atoms with van der Waals surface area (Å²) in [5.74, 6) is 1.62. The Morgan fingerprint density at radius 1 is 0.971 bits per heavy atom. The second kappa shape index (κ2) is 11.1. The Hall–Kier alpha value is -3.06. The van der Waals surface area contributed by atoms with Crippen LogP contribution in [0, 0.1) is 0 Å². The number of nitrogens with zero attached hydrogens (tertiary/aromatic N) is 1. The first kappa shape index (κ1) is 23.7. The SMILES string of the molecule is O=C(NCCc1ccc2c(c1)OCO2)[C@@H]1C[C@H](NCc2ccccc2Cl)CN1Cc1ccccc1. The Labute approximate surface area is 211 Å². The van der Waals surface area contributed by atoms with Crippen LogP contribution in [0.15, 0.2) is 72.8 Å². The van der Waals surface area contributed by atoms with Gasteiger partial charge < -0.3 is 20.1 Å². The molecule has 2 atom stereocenters. The van der Waals surface area contributed by atoms with Crippen LogP contribution in [0.5, 0.6) is 11.5 Å². The summed E-state index contributed by atoms with van der Waals surface area (Å²) in [6.45, 7) is 3.07. The van der Waals surface area contributed by atoms with E-state index in [9.17, 15) is 4.79 Å². The minimum absolute atomic E-state index is 0.0729. The molecule has 0 radical (unpaired) electrons. The molecular formula is C28H30ClN3O3. The van der Waals surface area contributed by atoms with Gasteiger partial charge in [0.25, 0.3) is 0 Å². The molecule has 7 heteroatoms. The van der Waals surface area contributed by atoms with Crippen molar-refractivity contribution in [2.45, 2.75) is 38.0 Å². The quantitative estimate of drug-likeness (QED) is 0.470. The first-order valence-electron chi connectivity index (χ1n) is 12.1. The van der Waals surface area contributed by atoms with Gasteiger partial charge >= 0.3 is 0 Å². The molecule has 3 aromatic rings. The van der Waals surface area contributed by atoms with Crippen LogP contribution < -0.4 is 20.1 Å². The molecule has 0 unspecified atom stereocenters. The Morgan fingerprint density at radius 2 is 1.77 bits per heavy atom. The summed E-state index contributed by atoms with van der Waals surface area (Å²) in [7, 11) is 0. The lowest BCUT2D eigenvalue weighted by molar-refractivity contribution is -0.125. The molecule has 2 aliphatic heterocycles. The first-order chi connectivity index (χ1) is 17.2. The molecule has 2 heterocycles. The molecule has 1 fully saturated rings. The van der Waals surface area contributed by atoms with Gasteiger partial charge in [0.1, 0.15) is 0 Å². The zero-order chi connectivity index (χ0) is 24.0. The van der Waals surface area contributed by atoms with Crippen LogP contribution in [-0.4, -0.2) is 42.8 Å². The highest BCUT2D eigenvalue weighted by atomic mass is 35.5. The number of rotatable bonds is 9. The lowest BCUT2D eigenvalue weighted by Crippen LogP contribution is -2.43. The number of nitrogens with one attached hydrogen (secondary N) is 2. The summed E-state index contributed by atoms with van der Waals surface area (Å²) in [6.07, 6.45) is 1.50. The van der Waals surface area contributed by atoms with Gasteiger partial charge in [-0.25, -0.2) is 0 Å². The molecule has 0 aliphatic carbocycles. The van der Waals surface area contributed by atoms with Crippen molar-refractivity contribution in [1.82, 2.24) is 15.5 Å². The van der Waals surface area contributed by atoms with E-state index < -0.39 is 0 Å². The van der Waals surface area contributed by atoms with Crippen molar-refractivity contribution in [1.29, 1.82) is 0 Å². The number of fused-ring (bicyclic) bond motifs is 1. The number of hydrogen-bond acceptors (Lipinski definition) is 5. The summed E-state index contributed by atoms with van der Waals surface area (Å²) >= 11 is 6.33. The van der Waals surface area contributed by atoms with Gasteiger partial charge in [0.15, 0.2) is 11.5 Å². The maximum absolute atomic E-state index is 13.3. The normalized spacial score (nSPS) is 19.1. The van der Waals surface area contributed by atoms with Crippen molar-refractivity contribution in [2.24, 2.45) is 0 Å². The summed E-state index contributed by atoms with van der Waals surface area (Å²) in [4.78, 5) is 15.5. The third kappa shape index (κ3) is 5.96. The summed E-state index contributed by atoms with van der Waals surface area (Å²) in [6, 6.07) is 24.1. The van der Waals surface area contributed by atoms with Crippen molar-refractivity contribution < 1.29 is 14.3 Å². The lowest BCUT2D eigenvalue weighted by Gasteiger charge is -2.23. The van der Waals surface area contributed by atoms with E-state index in [1.807, 2.05) is 60.7 Å². The van der Waals surface area contributed by atoms with Crippen LogP contribution in [0.25, 0.3) is 0 Å². The van der Waals surface area contributed by atoms with E-state index in [2.05, 4.69) is 27.7 Å². The predicted molar refractivity (Wildman–Crippen MR) is 137 cm³/mol. The Morgan fingerprint density at radius 3 is 2.63 bits per heavy atom. The van der Waals surface area contributed by atoms with Crippen molar-refractivity contribution >= 4 is 17.5 Å². The van der Waals surface area contributed by atoms with E-state index in [1.165, 1.54) is 5.56 Å². The molecule has 1 saturated heterocycles. The minimum atomic E-state index is -0.185.